The fourth-order valence-electron chi connectivity index (χ4n) is 3.56. The maximum Gasteiger partial charge on any atom is 0.200 e. The Bertz CT molecular complexity index is 1290. The first kappa shape index (κ1) is 24.0. The number of fused-ring (bicyclic) bond motifs is 1. The summed E-state index contributed by atoms with van der Waals surface area (Å²) in [4.78, 5) is 13.6. The molecule has 0 bridgehead atoms. The quantitative estimate of drug-likeness (QED) is 0.400. The van der Waals surface area contributed by atoms with Gasteiger partial charge in [0, 0.05) is 29.7 Å². The number of ether oxygens (including phenoxy) is 1. The van der Waals surface area contributed by atoms with Crippen LogP contribution in [-0.2, 0) is 12.8 Å². The van der Waals surface area contributed by atoms with E-state index in [0.717, 1.165) is 5.57 Å². The van der Waals surface area contributed by atoms with Crippen molar-refractivity contribution >= 4 is 17.0 Å². The molecule has 1 heterocycles. The van der Waals surface area contributed by atoms with Crippen molar-refractivity contribution in [3.8, 4) is 23.0 Å². The number of phenols is 3. The number of methoxy groups -OCH3 is 1. The van der Waals surface area contributed by atoms with E-state index in [4.69, 9.17) is 9.15 Å². The molecule has 0 aliphatic carbocycles. The average Bonchev–Trinajstić information content (AvgIpc) is 2.73. The van der Waals surface area contributed by atoms with Gasteiger partial charge >= 0.3 is 0 Å². The summed E-state index contributed by atoms with van der Waals surface area (Å²) in [5, 5.41) is 31.0. The molecule has 3 aromatic rings. The van der Waals surface area contributed by atoms with Gasteiger partial charge in [0.15, 0.2) is 5.43 Å². The largest absolute Gasteiger partial charge is 0.508 e. The first-order chi connectivity index (χ1) is 15.6. The molecule has 0 fully saturated rings. The van der Waals surface area contributed by atoms with Crippen molar-refractivity contribution < 1.29 is 24.5 Å². The zero-order valence-electron chi connectivity index (χ0n) is 19.6. The van der Waals surface area contributed by atoms with E-state index in [1.54, 1.807) is 18.2 Å². The third-order valence-electron chi connectivity index (χ3n) is 5.34. The van der Waals surface area contributed by atoms with E-state index in [1.807, 2.05) is 39.8 Å². The number of allylic oxidation sites excluding steroid dienone is 3. The summed E-state index contributed by atoms with van der Waals surface area (Å²) < 4.78 is 11.6. The molecule has 0 spiro atoms. The Morgan fingerprint density at radius 1 is 1.15 bits per heavy atom. The maximum atomic E-state index is 13.6. The summed E-state index contributed by atoms with van der Waals surface area (Å²) in [6.07, 6.45) is 6.03. The van der Waals surface area contributed by atoms with Gasteiger partial charge in [0.1, 0.15) is 39.7 Å². The minimum atomic E-state index is -0.332. The Labute approximate surface area is 193 Å². The zero-order chi connectivity index (χ0) is 24.3. The summed E-state index contributed by atoms with van der Waals surface area (Å²) in [7, 11) is 1.49. The standard InChI is InChI=1S/C27H30O6/c1-15(2)6-10-19-22(32-5)14-24-25(26(19)30)27(31)20(11-7-16(3)4)23(33-24)12-17-8-9-18(28)13-21(17)29/h6-10,13-15,28-30H,11-12H2,1-5H3/b10-6+. The Hall–Kier alpha value is -3.67. The molecule has 0 atom stereocenters. The maximum absolute atomic E-state index is 13.6. The van der Waals surface area contributed by atoms with Crippen molar-refractivity contribution in [1.29, 1.82) is 0 Å². The second kappa shape index (κ2) is 9.86. The zero-order valence-corrected chi connectivity index (χ0v) is 19.6. The molecule has 3 N–H and O–H groups in total. The van der Waals surface area contributed by atoms with Gasteiger partial charge < -0.3 is 24.5 Å². The van der Waals surface area contributed by atoms with Crippen molar-refractivity contribution in [2.75, 3.05) is 7.11 Å². The number of phenolic OH excluding ortho intramolecular Hbond substituents is 3. The van der Waals surface area contributed by atoms with Gasteiger partial charge in [0.25, 0.3) is 0 Å². The number of hydrogen-bond acceptors (Lipinski definition) is 6. The molecule has 0 radical (unpaired) electrons. The van der Waals surface area contributed by atoms with Crippen molar-refractivity contribution in [2.45, 2.75) is 40.5 Å². The molecule has 0 amide bonds. The van der Waals surface area contributed by atoms with Gasteiger partial charge in [-0.3, -0.25) is 4.79 Å². The molecular weight excluding hydrogens is 420 g/mol. The van der Waals surface area contributed by atoms with Crippen molar-refractivity contribution in [3.63, 3.8) is 0 Å². The molecular formula is C27H30O6. The second-order valence-corrected chi connectivity index (χ2v) is 8.63. The Morgan fingerprint density at radius 3 is 2.48 bits per heavy atom. The molecule has 2 aromatic carbocycles. The van der Waals surface area contributed by atoms with Gasteiger partial charge in [-0.2, -0.15) is 0 Å². The van der Waals surface area contributed by atoms with E-state index >= 15 is 0 Å². The summed E-state index contributed by atoms with van der Waals surface area (Å²) in [6.45, 7) is 7.90. The monoisotopic (exact) mass is 450 g/mol. The molecule has 1 aromatic heterocycles. The van der Waals surface area contributed by atoms with E-state index in [9.17, 15) is 20.1 Å². The molecule has 6 nitrogen and oxygen atoms in total. The fourth-order valence-corrected chi connectivity index (χ4v) is 3.56. The third kappa shape index (κ3) is 5.22. The first-order valence-corrected chi connectivity index (χ1v) is 10.8. The first-order valence-electron chi connectivity index (χ1n) is 10.8. The lowest BCUT2D eigenvalue weighted by molar-refractivity contribution is 0.405. The SMILES string of the molecule is COc1cc2oc(Cc3ccc(O)cc3O)c(CC=C(C)C)c(=O)c2c(O)c1/C=C/C(C)C. The van der Waals surface area contributed by atoms with Gasteiger partial charge in [-0.1, -0.05) is 43.7 Å². The smallest absolute Gasteiger partial charge is 0.200 e. The molecule has 174 valence electrons. The Morgan fingerprint density at radius 2 is 1.88 bits per heavy atom. The van der Waals surface area contributed by atoms with Gasteiger partial charge in [0.05, 0.1) is 12.7 Å². The van der Waals surface area contributed by atoms with Crippen LogP contribution in [0.2, 0.25) is 0 Å². The molecule has 0 aliphatic heterocycles. The second-order valence-electron chi connectivity index (χ2n) is 8.63. The van der Waals surface area contributed by atoms with E-state index in [-0.39, 0.29) is 46.0 Å². The van der Waals surface area contributed by atoms with Crippen LogP contribution in [0.1, 0.15) is 50.1 Å². The molecule has 33 heavy (non-hydrogen) atoms. The third-order valence-corrected chi connectivity index (χ3v) is 5.34. The highest BCUT2D eigenvalue weighted by Crippen LogP contribution is 2.37. The lowest BCUT2D eigenvalue weighted by Gasteiger charge is -2.14. The predicted molar refractivity (Wildman–Crippen MR) is 130 cm³/mol. The van der Waals surface area contributed by atoms with Crippen molar-refractivity contribution in [2.24, 2.45) is 5.92 Å². The van der Waals surface area contributed by atoms with E-state index in [1.165, 1.54) is 19.2 Å². The van der Waals surface area contributed by atoms with Crippen LogP contribution in [0.4, 0.5) is 0 Å². The van der Waals surface area contributed by atoms with Crippen LogP contribution in [0, 0.1) is 5.92 Å². The highest BCUT2D eigenvalue weighted by atomic mass is 16.5. The number of rotatable bonds is 7. The van der Waals surface area contributed by atoms with Crippen LogP contribution in [-0.4, -0.2) is 22.4 Å². The Kier molecular flexibility index (Phi) is 7.16. The van der Waals surface area contributed by atoms with Crippen molar-refractivity contribution in [1.82, 2.24) is 0 Å². The lowest BCUT2D eigenvalue weighted by Crippen LogP contribution is -2.14. The number of aromatic hydroxyl groups is 3. The van der Waals surface area contributed by atoms with Crippen LogP contribution in [0.25, 0.3) is 17.0 Å². The Balaban J connectivity index is 2.30. The molecule has 0 aliphatic rings. The van der Waals surface area contributed by atoms with Gasteiger partial charge in [-0.15, -0.1) is 0 Å². The fraction of sp³-hybridized carbons (Fsp3) is 0.296. The average molecular weight is 451 g/mol. The highest BCUT2D eigenvalue weighted by Gasteiger charge is 2.21. The van der Waals surface area contributed by atoms with Crippen LogP contribution in [0.5, 0.6) is 23.0 Å². The minimum absolute atomic E-state index is 0.0578. The van der Waals surface area contributed by atoms with Gasteiger partial charge in [0.2, 0.25) is 0 Å². The highest BCUT2D eigenvalue weighted by molar-refractivity contribution is 5.90. The van der Waals surface area contributed by atoms with Crippen LogP contribution < -0.4 is 10.2 Å². The van der Waals surface area contributed by atoms with E-state index < -0.39 is 0 Å². The van der Waals surface area contributed by atoms with Crippen LogP contribution >= 0.6 is 0 Å². The summed E-state index contributed by atoms with van der Waals surface area (Å²) in [5.74, 6) is 0.661. The predicted octanol–water partition coefficient (Wildman–Crippen LogP) is 5.69. The van der Waals surface area contributed by atoms with Gasteiger partial charge in [-0.05, 0) is 32.3 Å². The molecule has 3 rings (SSSR count). The lowest BCUT2D eigenvalue weighted by atomic mass is 9.98. The molecule has 0 saturated heterocycles. The molecule has 0 unspecified atom stereocenters. The normalized spacial score (nSPS) is 11.5. The summed E-state index contributed by atoms with van der Waals surface area (Å²) >= 11 is 0. The number of hydrogen-bond donors (Lipinski definition) is 3. The van der Waals surface area contributed by atoms with Crippen LogP contribution in [0.15, 0.2) is 51.2 Å². The van der Waals surface area contributed by atoms with Gasteiger partial charge in [-0.25, -0.2) is 0 Å². The minimum Gasteiger partial charge on any atom is -0.508 e. The number of benzene rings is 2. The molecule has 0 saturated carbocycles. The summed E-state index contributed by atoms with van der Waals surface area (Å²) in [6, 6.07) is 5.89. The molecule has 6 heteroatoms. The summed E-state index contributed by atoms with van der Waals surface area (Å²) in [5.41, 5.74) is 2.22. The van der Waals surface area contributed by atoms with E-state index in [0.29, 0.717) is 34.6 Å². The van der Waals surface area contributed by atoms with E-state index in [2.05, 4.69) is 0 Å². The van der Waals surface area contributed by atoms with Crippen LogP contribution in [0.3, 0.4) is 0 Å². The topological polar surface area (TPSA) is 100 Å². The van der Waals surface area contributed by atoms with Crippen molar-refractivity contribution in [3.05, 3.63) is 74.7 Å².